The third kappa shape index (κ3) is 4.52. The van der Waals surface area contributed by atoms with E-state index in [9.17, 15) is 26.7 Å². The van der Waals surface area contributed by atoms with Crippen LogP contribution < -0.4 is 4.74 Å². The average Bonchev–Trinajstić information content (AvgIpc) is 2.25. The molecule has 0 saturated heterocycles. The van der Waals surface area contributed by atoms with Gasteiger partial charge < -0.3 is 4.74 Å². The first-order chi connectivity index (χ1) is 8.33. The summed E-state index contributed by atoms with van der Waals surface area (Å²) in [5.41, 5.74) is -4.64. The smallest absolute Gasteiger partial charge is 0.441 e. The first-order valence-corrected chi connectivity index (χ1v) is 5.60. The summed E-state index contributed by atoms with van der Waals surface area (Å²) in [6.45, 7) is -0.502. The van der Waals surface area contributed by atoms with E-state index >= 15 is 0 Å². The highest BCUT2D eigenvalue weighted by atomic mass is 32.2. The Morgan fingerprint density at radius 1 is 1.22 bits per heavy atom. The largest absolute Gasteiger partial charge is 0.487 e. The Morgan fingerprint density at radius 2 is 1.78 bits per heavy atom. The summed E-state index contributed by atoms with van der Waals surface area (Å²) in [6, 6.07) is 1.48. The van der Waals surface area contributed by atoms with E-state index in [2.05, 4.69) is 4.74 Å². The topological polar surface area (TPSA) is 26.3 Å². The number of thioether (sulfide) groups is 1. The van der Waals surface area contributed by atoms with Gasteiger partial charge in [0, 0.05) is 11.3 Å². The van der Waals surface area contributed by atoms with Crippen molar-refractivity contribution in [3.8, 4) is 5.75 Å². The maximum atomic E-state index is 13.2. The van der Waals surface area contributed by atoms with Crippen LogP contribution in [0.2, 0.25) is 0 Å². The normalized spacial score (nSPS) is 11.4. The number of aldehydes is 1. The second-order valence-electron chi connectivity index (χ2n) is 3.07. The lowest BCUT2D eigenvalue weighted by atomic mass is 10.2. The first-order valence-electron chi connectivity index (χ1n) is 4.61. The van der Waals surface area contributed by atoms with Crippen molar-refractivity contribution in [3.05, 3.63) is 29.3 Å². The average molecular weight is 286 g/mol. The molecule has 0 bridgehead atoms. The summed E-state index contributed by atoms with van der Waals surface area (Å²) in [5.74, 6) is -3.54. The van der Waals surface area contributed by atoms with E-state index in [1.807, 2.05) is 0 Å². The molecule has 0 aliphatic heterocycles. The number of ether oxygens (including phenoxy) is 1. The molecule has 0 radical (unpaired) electrons. The molecule has 0 N–H and O–H groups in total. The van der Waals surface area contributed by atoms with Gasteiger partial charge in [-0.2, -0.15) is 13.2 Å². The van der Waals surface area contributed by atoms with Gasteiger partial charge >= 0.3 is 5.51 Å². The summed E-state index contributed by atoms with van der Waals surface area (Å²) >= 11 is -0.354. The third-order valence-corrected chi connectivity index (χ3v) is 2.45. The number of carbonyl (C=O) groups is 1. The van der Waals surface area contributed by atoms with Crippen molar-refractivity contribution in [2.75, 3.05) is 12.4 Å². The van der Waals surface area contributed by atoms with Crippen LogP contribution in [0, 0.1) is 11.6 Å². The van der Waals surface area contributed by atoms with E-state index in [0.717, 1.165) is 12.1 Å². The van der Waals surface area contributed by atoms with Crippen molar-refractivity contribution >= 4 is 18.0 Å². The summed E-state index contributed by atoms with van der Waals surface area (Å²) in [5, 5.41) is 0. The Kier molecular flexibility index (Phi) is 4.94. The number of benzene rings is 1. The van der Waals surface area contributed by atoms with Gasteiger partial charge in [-0.1, -0.05) is 0 Å². The van der Waals surface area contributed by atoms with Gasteiger partial charge in [0.05, 0.1) is 6.61 Å². The molecule has 1 aromatic rings. The zero-order valence-electron chi connectivity index (χ0n) is 8.76. The van der Waals surface area contributed by atoms with Gasteiger partial charge in [-0.25, -0.2) is 8.78 Å². The minimum atomic E-state index is -4.41. The molecular formula is C10H7F5O2S. The predicted octanol–water partition coefficient (Wildman–Crippen LogP) is 3.41. The van der Waals surface area contributed by atoms with Gasteiger partial charge in [0.15, 0.2) is 17.4 Å². The molecule has 18 heavy (non-hydrogen) atoms. The minimum Gasteiger partial charge on any atom is -0.487 e. The molecule has 0 aromatic heterocycles. The first kappa shape index (κ1) is 14.7. The van der Waals surface area contributed by atoms with Crippen molar-refractivity contribution in [3.63, 3.8) is 0 Å². The number of carbonyl (C=O) groups excluding carboxylic acids is 1. The van der Waals surface area contributed by atoms with Crippen LogP contribution in [0.3, 0.4) is 0 Å². The minimum absolute atomic E-state index is 0.220. The van der Waals surface area contributed by atoms with Gasteiger partial charge in [0.25, 0.3) is 0 Å². The molecule has 0 unspecified atom stereocenters. The van der Waals surface area contributed by atoms with Crippen molar-refractivity contribution in [1.82, 2.24) is 0 Å². The molecule has 2 nitrogen and oxygen atoms in total. The quantitative estimate of drug-likeness (QED) is 0.471. The standard InChI is InChI=1S/C10H7F5O2S/c11-7-3-6(5-16)4-8(12)9(7)17-1-2-18-10(13,14)15/h3-5H,1-2H2. The molecule has 100 valence electrons. The van der Waals surface area contributed by atoms with E-state index in [4.69, 9.17) is 0 Å². The monoisotopic (exact) mass is 286 g/mol. The Bertz CT molecular complexity index is 410. The van der Waals surface area contributed by atoms with Gasteiger partial charge in [-0.3, -0.25) is 4.79 Å². The summed E-state index contributed by atoms with van der Waals surface area (Å²) < 4.78 is 66.3. The molecule has 0 aliphatic carbocycles. The summed E-state index contributed by atoms with van der Waals surface area (Å²) in [4.78, 5) is 10.3. The number of hydrogen-bond donors (Lipinski definition) is 0. The maximum absolute atomic E-state index is 13.2. The second kappa shape index (κ2) is 6.03. The van der Waals surface area contributed by atoms with Gasteiger partial charge in [-0.15, -0.1) is 0 Å². The van der Waals surface area contributed by atoms with E-state index in [1.54, 1.807) is 0 Å². The fraction of sp³-hybridized carbons (Fsp3) is 0.300. The highest BCUT2D eigenvalue weighted by molar-refractivity contribution is 8.00. The Labute approximate surface area is 103 Å². The van der Waals surface area contributed by atoms with Crippen LogP contribution in [0.5, 0.6) is 5.75 Å². The summed E-state index contributed by atoms with van der Waals surface area (Å²) in [6.07, 6.45) is 0.245. The molecule has 0 fully saturated rings. The number of rotatable bonds is 5. The molecule has 0 aliphatic rings. The van der Waals surface area contributed by atoms with E-state index in [1.165, 1.54) is 0 Å². The molecule has 0 atom stereocenters. The van der Waals surface area contributed by atoms with Crippen molar-refractivity contribution < 1.29 is 31.5 Å². The lowest BCUT2D eigenvalue weighted by Crippen LogP contribution is -2.09. The zero-order valence-corrected chi connectivity index (χ0v) is 9.58. The van der Waals surface area contributed by atoms with Crippen molar-refractivity contribution in [2.24, 2.45) is 0 Å². The molecule has 0 amide bonds. The van der Waals surface area contributed by atoms with Crippen LogP contribution in [0.15, 0.2) is 12.1 Å². The SMILES string of the molecule is O=Cc1cc(F)c(OCCSC(F)(F)F)c(F)c1. The molecule has 1 aromatic carbocycles. The number of hydrogen-bond acceptors (Lipinski definition) is 3. The molecule has 0 saturated carbocycles. The van der Waals surface area contributed by atoms with Crippen LogP contribution in [-0.4, -0.2) is 24.2 Å². The second-order valence-corrected chi connectivity index (χ2v) is 4.23. The Balaban J connectivity index is 2.60. The highest BCUT2D eigenvalue weighted by Crippen LogP contribution is 2.30. The number of alkyl halides is 3. The Hall–Kier alpha value is -1.31. The molecular weight excluding hydrogens is 279 g/mol. The fourth-order valence-corrected chi connectivity index (χ4v) is 1.48. The third-order valence-electron chi connectivity index (χ3n) is 1.75. The van der Waals surface area contributed by atoms with E-state index in [0.29, 0.717) is 0 Å². The molecule has 0 spiro atoms. The predicted molar refractivity (Wildman–Crippen MR) is 55.8 cm³/mol. The van der Waals surface area contributed by atoms with E-state index < -0.39 is 35.3 Å². The zero-order chi connectivity index (χ0) is 13.8. The fourth-order valence-electron chi connectivity index (χ4n) is 1.09. The van der Waals surface area contributed by atoms with E-state index in [-0.39, 0.29) is 23.6 Å². The molecule has 1 rings (SSSR count). The van der Waals surface area contributed by atoms with Crippen LogP contribution >= 0.6 is 11.8 Å². The van der Waals surface area contributed by atoms with Crippen LogP contribution in [0.25, 0.3) is 0 Å². The van der Waals surface area contributed by atoms with Gasteiger partial charge in [0.1, 0.15) is 6.29 Å². The maximum Gasteiger partial charge on any atom is 0.441 e. The molecule has 8 heteroatoms. The van der Waals surface area contributed by atoms with Gasteiger partial charge in [0.2, 0.25) is 0 Å². The molecule has 0 heterocycles. The van der Waals surface area contributed by atoms with Gasteiger partial charge in [-0.05, 0) is 23.9 Å². The van der Waals surface area contributed by atoms with Crippen LogP contribution in [0.1, 0.15) is 10.4 Å². The van der Waals surface area contributed by atoms with Crippen LogP contribution in [0.4, 0.5) is 22.0 Å². The lowest BCUT2D eigenvalue weighted by Gasteiger charge is -2.09. The Morgan fingerprint density at radius 3 is 2.22 bits per heavy atom. The highest BCUT2D eigenvalue weighted by Gasteiger charge is 2.27. The van der Waals surface area contributed by atoms with Crippen molar-refractivity contribution in [1.29, 1.82) is 0 Å². The van der Waals surface area contributed by atoms with Crippen LogP contribution in [-0.2, 0) is 0 Å². The van der Waals surface area contributed by atoms with Crippen molar-refractivity contribution in [2.45, 2.75) is 5.51 Å². The number of halogens is 5. The summed E-state index contributed by atoms with van der Waals surface area (Å²) in [7, 11) is 0. The lowest BCUT2D eigenvalue weighted by molar-refractivity contribution is -0.0329.